The molecule has 0 bridgehead atoms. The average molecular weight is 266 g/mol. The van der Waals surface area contributed by atoms with Crippen molar-refractivity contribution in [1.29, 1.82) is 0 Å². The molecule has 0 heterocycles. The highest BCUT2D eigenvalue weighted by Gasteiger charge is 2.30. The Labute approximate surface area is 117 Å². The number of nitrogens with two attached hydrogens (primary N) is 1. The van der Waals surface area contributed by atoms with Crippen molar-refractivity contribution in [2.45, 2.75) is 77.3 Å². The summed E-state index contributed by atoms with van der Waals surface area (Å²) in [6, 6.07) is 0.447. The topological polar surface area (TPSA) is 55.1 Å². The largest absolute Gasteiger partial charge is 0.353 e. The summed E-state index contributed by atoms with van der Waals surface area (Å²) in [5.74, 6) is 1.74. The summed E-state index contributed by atoms with van der Waals surface area (Å²) >= 11 is 0. The SMILES string of the molecule is CC1CC(C)CC(NC(=O)C2CCCCCC2N)C1. The second-order valence-corrected chi connectivity index (χ2v) is 7.03. The van der Waals surface area contributed by atoms with Crippen LogP contribution in [0.4, 0.5) is 0 Å². The number of carbonyl (C=O) groups is 1. The van der Waals surface area contributed by atoms with Gasteiger partial charge in [0.25, 0.3) is 0 Å². The summed E-state index contributed by atoms with van der Waals surface area (Å²) in [4.78, 5) is 12.5. The van der Waals surface area contributed by atoms with Crippen LogP contribution in [-0.4, -0.2) is 18.0 Å². The second-order valence-electron chi connectivity index (χ2n) is 7.03. The van der Waals surface area contributed by atoms with Crippen LogP contribution >= 0.6 is 0 Å². The van der Waals surface area contributed by atoms with Crippen LogP contribution in [0.2, 0.25) is 0 Å². The standard InChI is InChI=1S/C16H30N2O/c1-11-8-12(2)10-13(9-11)18-16(19)14-6-4-3-5-7-15(14)17/h11-15H,3-10,17H2,1-2H3,(H,18,19). The van der Waals surface area contributed by atoms with E-state index in [0.717, 1.165) is 43.9 Å². The first-order valence-electron chi connectivity index (χ1n) is 8.12. The highest BCUT2D eigenvalue weighted by molar-refractivity contribution is 5.79. The van der Waals surface area contributed by atoms with Crippen molar-refractivity contribution in [3.8, 4) is 0 Å². The van der Waals surface area contributed by atoms with Crippen LogP contribution in [0, 0.1) is 17.8 Å². The molecule has 110 valence electrons. The minimum atomic E-state index is 0.0510. The van der Waals surface area contributed by atoms with Gasteiger partial charge in [0.2, 0.25) is 5.91 Å². The van der Waals surface area contributed by atoms with Gasteiger partial charge in [-0.05, 0) is 43.9 Å². The quantitative estimate of drug-likeness (QED) is 0.755. The molecular weight excluding hydrogens is 236 g/mol. The van der Waals surface area contributed by atoms with E-state index >= 15 is 0 Å². The van der Waals surface area contributed by atoms with Crippen LogP contribution < -0.4 is 11.1 Å². The zero-order valence-electron chi connectivity index (χ0n) is 12.5. The molecule has 4 unspecified atom stereocenters. The number of nitrogens with one attached hydrogen (secondary N) is 1. The fourth-order valence-corrected chi connectivity index (χ4v) is 4.03. The van der Waals surface area contributed by atoms with Gasteiger partial charge in [0.1, 0.15) is 0 Å². The predicted molar refractivity (Wildman–Crippen MR) is 78.7 cm³/mol. The summed E-state index contributed by atoms with van der Waals surface area (Å²) in [5.41, 5.74) is 6.18. The molecule has 1 amide bonds. The van der Waals surface area contributed by atoms with Crippen LogP contribution in [-0.2, 0) is 4.79 Å². The van der Waals surface area contributed by atoms with Gasteiger partial charge in [0, 0.05) is 12.1 Å². The van der Waals surface area contributed by atoms with E-state index in [9.17, 15) is 4.79 Å². The Morgan fingerprint density at radius 3 is 2.32 bits per heavy atom. The highest BCUT2D eigenvalue weighted by atomic mass is 16.2. The van der Waals surface area contributed by atoms with Gasteiger partial charge in [-0.1, -0.05) is 33.1 Å². The lowest BCUT2D eigenvalue weighted by Crippen LogP contribution is -2.47. The molecule has 0 aromatic heterocycles. The summed E-state index contributed by atoms with van der Waals surface area (Å²) < 4.78 is 0. The molecule has 3 heteroatoms. The Bertz CT molecular complexity index is 295. The Balaban J connectivity index is 1.88. The molecule has 2 saturated carbocycles. The minimum Gasteiger partial charge on any atom is -0.353 e. The summed E-state index contributed by atoms with van der Waals surface area (Å²) in [5, 5.41) is 3.29. The summed E-state index contributed by atoms with van der Waals surface area (Å²) in [6.45, 7) is 4.60. The first-order valence-corrected chi connectivity index (χ1v) is 8.12. The van der Waals surface area contributed by atoms with Gasteiger partial charge in [0.05, 0.1) is 5.92 Å². The molecule has 0 aromatic carbocycles. The molecule has 3 nitrogen and oxygen atoms in total. The Morgan fingerprint density at radius 1 is 1.00 bits per heavy atom. The number of carbonyl (C=O) groups excluding carboxylic acids is 1. The number of hydrogen-bond acceptors (Lipinski definition) is 2. The van der Waals surface area contributed by atoms with Crippen LogP contribution in [0.1, 0.15) is 65.2 Å². The minimum absolute atomic E-state index is 0.0510. The lowest BCUT2D eigenvalue weighted by molar-refractivity contribution is -0.127. The van der Waals surface area contributed by atoms with Crippen LogP contribution in [0.15, 0.2) is 0 Å². The fraction of sp³-hybridized carbons (Fsp3) is 0.938. The van der Waals surface area contributed by atoms with E-state index in [1.54, 1.807) is 0 Å². The molecule has 0 aliphatic heterocycles. The number of hydrogen-bond donors (Lipinski definition) is 2. The first kappa shape index (κ1) is 14.8. The molecule has 2 aliphatic rings. The molecule has 0 saturated heterocycles. The van der Waals surface area contributed by atoms with Gasteiger partial charge in [-0.15, -0.1) is 0 Å². The lowest BCUT2D eigenvalue weighted by Gasteiger charge is -2.33. The van der Waals surface area contributed by atoms with Crippen molar-refractivity contribution in [1.82, 2.24) is 5.32 Å². The van der Waals surface area contributed by atoms with Gasteiger partial charge in [0.15, 0.2) is 0 Å². The Kier molecular flexibility index (Phi) is 5.26. The van der Waals surface area contributed by atoms with E-state index in [4.69, 9.17) is 5.73 Å². The van der Waals surface area contributed by atoms with E-state index in [0.29, 0.717) is 6.04 Å². The lowest BCUT2D eigenvalue weighted by atomic mass is 9.80. The Hall–Kier alpha value is -0.570. The van der Waals surface area contributed by atoms with Crippen molar-refractivity contribution in [3.05, 3.63) is 0 Å². The van der Waals surface area contributed by atoms with Crippen molar-refractivity contribution in [3.63, 3.8) is 0 Å². The zero-order chi connectivity index (χ0) is 13.8. The van der Waals surface area contributed by atoms with Gasteiger partial charge >= 0.3 is 0 Å². The predicted octanol–water partition coefficient (Wildman–Crippen LogP) is 2.83. The van der Waals surface area contributed by atoms with Crippen LogP contribution in [0.3, 0.4) is 0 Å². The molecule has 4 atom stereocenters. The van der Waals surface area contributed by atoms with Gasteiger partial charge in [-0.25, -0.2) is 0 Å². The number of rotatable bonds is 2. The Morgan fingerprint density at radius 2 is 1.63 bits per heavy atom. The average Bonchev–Trinajstić information content (AvgIpc) is 2.52. The van der Waals surface area contributed by atoms with E-state index in [2.05, 4.69) is 19.2 Å². The third-order valence-electron chi connectivity index (χ3n) is 4.93. The second kappa shape index (κ2) is 6.74. The highest BCUT2D eigenvalue weighted by Crippen LogP contribution is 2.29. The van der Waals surface area contributed by atoms with Gasteiger partial charge in [-0.2, -0.15) is 0 Å². The van der Waals surface area contributed by atoms with E-state index in [-0.39, 0.29) is 17.9 Å². The third kappa shape index (κ3) is 4.20. The van der Waals surface area contributed by atoms with Crippen LogP contribution in [0.5, 0.6) is 0 Å². The molecule has 2 aliphatic carbocycles. The van der Waals surface area contributed by atoms with Crippen LogP contribution in [0.25, 0.3) is 0 Å². The molecule has 0 radical (unpaired) electrons. The van der Waals surface area contributed by atoms with Crippen molar-refractivity contribution in [2.24, 2.45) is 23.5 Å². The normalized spacial score (nSPS) is 40.5. The maximum atomic E-state index is 12.5. The first-order chi connectivity index (χ1) is 9.06. The molecule has 19 heavy (non-hydrogen) atoms. The monoisotopic (exact) mass is 266 g/mol. The molecular formula is C16H30N2O. The zero-order valence-corrected chi connectivity index (χ0v) is 12.5. The maximum Gasteiger partial charge on any atom is 0.224 e. The van der Waals surface area contributed by atoms with Crippen molar-refractivity contribution >= 4 is 5.91 Å². The smallest absolute Gasteiger partial charge is 0.224 e. The molecule has 0 spiro atoms. The summed E-state index contributed by atoms with van der Waals surface area (Å²) in [7, 11) is 0. The molecule has 3 N–H and O–H groups in total. The van der Waals surface area contributed by atoms with Crippen molar-refractivity contribution < 1.29 is 4.79 Å². The fourth-order valence-electron chi connectivity index (χ4n) is 4.03. The molecule has 0 aromatic rings. The van der Waals surface area contributed by atoms with Crippen molar-refractivity contribution in [2.75, 3.05) is 0 Å². The third-order valence-corrected chi connectivity index (χ3v) is 4.93. The number of amides is 1. The van der Waals surface area contributed by atoms with Gasteiger partial charge < -0.3 is 11.1 Å². The molecule has 2 rings (SSSR count). The maximum absolute atomic E-state index is 12.5. The van der Waals surface area contributed by atoms with E-state index in [1.165, 1.54) is 19.3 Å². The molecule has 2 fully saturated rings. The van der Waals surface area contributed by atoms with E-state index in [1.807, 2.05) is 0 Å². The van der Waals surface area contributed by atoms with Gasteiger partial charge in [-0.3, -0.25) is 4.79 Å². The van der Waals surface area contributed by atoms with E-state index < -0.39 is 0 Å². The summed E-state index contributed by atoms with van der Waals surface area (Å²) in [6.07, 6.45) is 9.13.